The summed E-state index contributed by atoms with van der Waals surface area (Å²) in [6, 6.07) is 0.222. The minimum Gasteiger partial charge on any atom is -0.444 e. The van der Waals surface area contributed by atoms with Gasteiger partial charge in [0.15, 0.2) is 6.29 Å². The van der Waals surface area contributed by atoms with Gasteiger partial charge in [0.25, 0.3) is 10.1 Å². The second-order valence-corrected chi connectivity index (χ2v) is 11.1. The lowest BCUT2D eigenvalue weighted by Gasteiger charge is -2.31. The Morgan fingerprint density at radius 1 is 1.12 bits per heavy atom. The standard InChI is InChI=1S/C20H32ClN3O8S/c1-11-13(21)8-12(33(28,29)30)9-14(11)23-17(26)22-10-15(16(25)31-19(2,3)4)24-18(27)32-20(5,6)7/h8-9,15-16,25H,10H2,1-7H3,(H,24,27)(H2,22,23,26)(H,28,29,30)/t15-,16-/m0/s1. The molecular weight excluding hydrogens is 478 g/mol. The van der Waals surface area contributed by atoms with Crippen LogP contribution in [0.4, 0.5) is 15.3 Å². The number of carbonyl (C=O) groups is 2. The maximum atomic E-state index is 12.4. The molecule has 1 aromatic rings. The van der Waals surface area contributed by atoms with Gasteiger partial charge in [-0.3, -0.25) is 4.55 Å². The number of halogens is 1. The lowest BCUT2D eigenvalue weighted by Crippen LogP contribution is -2.54. The van der Waals surface area contributed by atoms with Crippen molar-refractivity contribution < 1.29 is 37.1 Å². The Balaban J connectivity index is 2.96. The van der Waals surface area contributed by atoms with Gasteiger partial charge in [-0.05, 0) is 66.2 Å². The number of aliphatic hydroxyl groups excluding tert-OH is 1. The molecule has 0 unspecified atom stereocenters. The lowest BCUT2D eigenvalue weighted by molar-refractivity contribution is -0.178. The maximum Gasteiger partial charge on any atom is 0.408 e. The minimum absolute atomic E-state index is 0.0129. The molecule has 0 radical (unpaired) electrons. The van der Waals surface area contributed by atoms with Gasteiger partial charge in [0.05, 0.1) is 10.5 Å². The second kappa shape index (κ2) is 10.9. The van der Waals surface area contributed by atoms with Crippen LogP contribution in [0.1, 0.15) is 47.1 Å². The summed E-state index contributed by atoms with van der Waals surface area (Å²) in [5.74, 6) is 0. The monoisotopic (exact) mass is 509 g/mol. The zero-order chi connectivity index (χ0) is 25.8. The molecule has 1 rings (SSSR count). The van der Waals surface area contributed by atoms with Crippen molar-refractivity contribution >= 4 is 39.5 Å². The highest BCUT2D eigenvalue weighted by Gasteiger charge is 2.29. The lowest BCUT2D eigenvalue weighted by atomic mass is 10.2. The topological polar surface area (TPSA) is 163 Å². The third-order valence-corrected chi connectivity index (χ3v) is 5.09. The van der Waals surface area contributed by atoms with E-state index >= 15 is 0 Å². The van der Waals surface area contributed by atoms with E-state index in [4.69, 9.17) is 21.1 Å². The van der Waals surface area contributed by atoms with Crippen molar-refractivity contribution in [1.29, 1.82) is 0 Å². The molecule has 11 nitrogen and oxygen atoms in total. The summed E-state index contributed by atoms with van der Waals surface area (Å²) in [7, 11) is -4.55. The number of hydrogen-bond donors (Lipinski definition) is 5. The highest BCUT2D eigenvalue weighted by molar-refractivity contribution is 7.85. The van der Waals surface area contributed by atoms with Crippen LogP contribution in [-0.4, -0.2) is 60.3 Å². The van der Waals surface area contributed by atoms with E-state index < -0.39 is 50.7 Å². The van der Waals surface area contributed by atoms with Crippen LogP contribution in [0.25, 0.3) is 0 Å². The fraction of sp³-hybridized carbons (Fsp3) is 0.600. The SMILES string of the molecule is Cc1c(Cl)cc(S(=O)(=O)O)cc1NC(=O)NC[C@H](NC(=O)OC(C)(C)C)[C@@H](O)OC(C)(C)C. The number of aliphatic hydroxyl groups is 1. The first-order chi connectivity index (χ1) is 14.8. The average Bonchev–Trinajstić information content (AvgIpc) is 2.58. The van der Waals surface area contributed by atoms with Gasteiger partial charge in [0.2, 0.25) is 0 Å². The van der Waals surface area contributed by atoms with Gasteiger partial charge in [-0.15, -0.1) is 0 Å². The number of anilines is 1. The molecule has 0 aliphatic carbocycles. The van der Waals surface area contributed by atoms with Gasteiger partial charge in [-0.1, -0.05) is 11.6 Å². The number of ether oxygens (including phenoxy) is 2. The quantitative estimate of drug-likeness (QED) is 0.276. The molecule has 2 atom stereocenters. The van der Waals surface area contributed by atoms with Crippen molar-refractivity contribution in [2.45, 2.75) is 76.9 Å². The van der Waals surface area contributed by atoms with E-state index in [0.717, 1.165) is 12.1 Å². The van der Waals surface area contributed by atoms with Crippen molar-refractivity contribution in [3.63, 3.8) is 0 Å². The molecule has 33 heavy (non-hydrogen) atoms. The molecule has 3 amide bonds. The first kappa shape index (κ1) is 28.9. The number of benzene rings is 1. The Morgan fingerprint density at radius 2 is 1.70 bits per heavy atom. The fourth-order valence-corrected chi connectivity index (χ4v) is 3.25. The summed E-state index contributed by atoms with van der Waals surface area (Å²) in [5, 5.41) is 17.8. The molecule has 0 aromatic heterocycles. The van der Waals surface area contributed by atoms with Crippen LogP contribution in [0.15, 0.2) is 17.0 Å². The number of rotatable bonds is 7. The summed E-state index contributed by atoms with van der Waals surface area (Å²) in [6.45, 7) is 11.4. The Hall–Kier alpha value is -2.12. The average molecular weight is 510 g/mol. The predicted molar refractivity (Wildman–Crippen MR) is 123 cm³/mol. The molecule has 0 fully saturated rings. The van der Waals surface area contributed by atoms with Crippen LogP contribution in [-0.2, 0) is 19.6 Å². The molecule has 0 saturated carbocycles. The normalized spacial score (nSPS) is 14.2. The van der Waals surface area contributed by atoms with Crippen molar-refractivity contribution in [1.82, 2.24) is 10.6 Å². The first-order valence-electron chi connectivity index (χ1n) is 9.96. The van der Waals surface area contributed by atoms with E-state index in [1.165, 1.54) is 0 Å². The number of amides is 3. The third-order valence-electron chi connectivity index (χ3n) is 3.87. The zero-order valence-corrected chi connectivity index (χ0v) is 21.2. The molecular formula is C20H32ClN3O8S. The largest absolute Gasteiger partial charge is 0.444 e. The molecule has 0 bridgehead atoms. The number of hydrogen-bond acceptors (Lipinski definition) is 7. The van der Waals surface area contributed by atoms with E-state index in [1.807, 2.05) is 0 Å². The maximum absolute atomic E-state index is 12.4. The first-order valence-corrected chi connectivity index (χ1v) is 11.8. The molecule has 13 heteroatoms. The summed E-state index contributed by atoms with van der Waals surface area (Å²) in [4.78, 5) is 24.1. The van der Waals surface area contributed by atoms with E-state index in [2.05, 4.69) is 16.0 Å². The van der Waals surface area contributed by atoms with Gasteiger partial charge < -0.3 is 30.5 Å². The molecule has 188 valence electrons. The predicted octanol–water partition coefficient (Wildman–Crippen LogP) is 3.04. The van der Waals surface area contributed by atoms with Gasteiger partial charge in [0, 0.05) is 17.3 Å². The van der Waals surface area contributed by atoms with Crippen LogP contribution in [0.3, 0.4) is 0 Å². The number of alkyl carbamates (subject to hydrolysis) is 1. The van der Waals surface area contributed by atoms with Crippen LogP contribution < -0.4 is 16.0 Å². The van der Waals surface area contributed by atoms with E-state index in [0.29, 0.717) is 5.56 Å². The fourth-order valence-electron chi connectivity index (χ4n) is 2.43. The Kier molecular flexibility index (Phi) is 9.52. The Morgan fingerprint density at radius 3 is 2.18 bits per heavy atom. The third kappa shape index (κ3) is 10.6. The highest BCUT2D eigenvalue weighted by atomic mass is 35.5. The summed E-state index contributed by atoms with van der Waals surface area (Å²) in [6.07, 6.45) is -2.31. The highest BCUT2D eigenvalue weighted by Crippen LogP contribution is 2.28. The van der Waals surface area contributed by atoms with E-state index in [-0.39, 0.29) is 17.3 Å². The van der Waals surface area contributed by atoms with E-state index in [1.54, 1.807) is 48.5 Å². The van der Waals surface area contributed by atoms with Crippen molar-refractivity contribution in [2.24, 2.45) is 0 Å². The van der Waals surface area contributed by atoms with Gasteiger partial charge >= 0.3 is 12.1 Å². The minimum atomic E-state index is -4.55. The van der Waals surface area contributed by atoms with Crippen molar-refractivity contribution in [2.75, 3.05) is 11.9 Å². The summed E-state index contributed by atoms with van der Waals surface area (Å²) >= 11 is 5.99. The second-order valence-electron chi connectivity index (χ2n) is 9.26. The summed E-state index contributed by atoms with van der Waals surface area (Å²) in [5.41, 5.74) is -1.14. The number of urea groups is 1. The van der Waals surface area contributed by atoms with Gasteiger partial charge in [-0.2, -0.15) is 8.42 Å². The van der Waals surface area contributed by atoms with Crippen LogP contribution in [0.2, 0.25) is 5.02 Å². The molecule has 0 heterocycles. The smallest absolute Gasteiger partial charge is 0.408 e. The number of carbonyl (C=O) groups excluding carboxylic acids is 2. The molecule has 5 N–H and O–H groups in total. The molecule has 0 spiro atoms. The van der Waals surface area contributed by atoms with E-state index in [9.17, 15) is 27.7 Å². The van der Waals surface area contributed by atoms with Crippen LogP contribution >= 0.6 is 11.6 Å². The number of nitrogens with one attached hydrogen (secondary N) is 3. The molecule has 0 aliphatic rings. The zero-order valence-electron chi connectivity index (χ0n) is 19.6. The van der Waals surface area contributed by atoms with Crippen LogP contribution in [0.5, 0.6) is 0 Å². The Bertz CT molecular complexity index is 971. The molecule has 1 aromatic carbocycles. The van der Waals surface area contributed by atoms with Crippen LogP contribution in [0, 0.1) is 6.92 Å². The summed E-state index contributed by atoms with van der Waals surface area (Å²) < 4.78 is 42.7. The van der Waals surface area contributed by atoms with Crippen molar-refractivity contribution in [3.8, 4) is 0 Å². The van der Waals surface area contributed by atoms with Crippen molar-refractivity contribution in [3.05, 3.63) is 22.7 Å². The molecule has 0 saturated heterocycles. The van der Waals surface area contributed by atoms with Gasteiger partial charge in [0.1, 0.15) is 11.6 Å². The molecule has 0 aliphatic heterocycles. The van der Waals surface area contributed by atoms with Gasteiger partial charge in [-0.25, -0.2) is 9.59 Å². The Labute approximate surface area is 198 Å².